The number of carbonyl (C=O) groups is 1. The fourth-order valence-corrected chi connectivity index (χ4v) is 3.13. The van der Waals surface area contributed by atoms with Crippen LogP contribution in [-0.2, 0) is 30.5 Å². The van der Waals surface area contributed by atoms with Crippen molar-refractivity contribution < 1.29 is 31.1 Å². The van der Waals surface area contributed by atoms with E-state index < -0.39 is 41.3 Å². The van der Waals surface area contributed by atoms with Gasteiger partial charge in [0.1, 0.15) is 17.3 Å². The molecule has 2 N–H and O–H groups in total. The standard InChI is InChI=1S/C17H16F6N4O/c18-11-6-13(20)12(19)4-9(11)3-10(24)5-16(28)26-1-2-27-14(17(21,22)23)7-25-15(27)8-26/h4,6-7,10H,1-3,5,8,24H2/t10-/m1/s1. The van der Waals surface area contributed by atoms with Gasteiger partial charge in [-0.25, -0.2) is 18.2 Å². The maximum atomic E-state index is 13.7. The second-order valence-corrected chi connectivity index (χ2v) is 6.55. The zero-order valence-corrected chi connectivity index (χ0v) is 14.4. The van der Waals surface area contributed by atoms with E-state index in [0.29, 0.717) is 12.1 Å². The molecule has 1 atom stereocenters. The van der Waals surface area contributed by atoms with Crippen LogP contribution in [0.15, 0.2) is 18.3 Å². The maximum Gasteiger partial charge on any atom is 0.433 e. The Hall–Kier alpha value is -2.56. The average molecular weight is 406 g/mol. The third kappa shape index (κ3) is 4.13. The normalized spacial score (nSPS) is 15.5. The zero-order chi connectivity index (χ0) is 20.6. The van der Waals surface area contributed by atoms with E-state index in [0.717, 1.165) is 10.8 Å². The average Bonchev–Trinajstić information content (AvgIpc) is 3.03. The molecule has 1 aliphatic heterocycles. The molecule has 1 aromatic carbocycles. The molecule has 28 heavy (non-hydrogen) atoms. The van der Waals surface area contributed by atoms with Crippen LogP contribution in [0.25, 0.3) is 0 Å². The van der Waals surface area contributed by atoms with Gasteiger partial charge >= 0.3 is 6.18 Å². The van der Waals surface area contributed by atoms with Crippen LogP contribution in [0.3, 0.4) is 0 Å². The Morgan fingerprint density at radius 2 is 1.82 bits per heavy atom. The minimum Gasteiger partial charge on any atom is -0.333 e. The Kier molecular flexibility index (Phi) is 5.37. The number of hydrogen-bond donors (Lipinski definition) is 1. The number of imidazole rings is 1. The van der Waals surface area contributed by atoms with Gasteiger partial charge < -0.3 is 15.2 Å². The Morgan fingerprint density at radius 1 is 1.14 bits per heavy atom. The molecule has 0 saturated carbocycles. The molecule has 11 heteroatoms. The predicted molar refractivity (Wildman–Crippen MR) is 85.3 cm³/mol. The highest BCUT2D eigenvalue weighted by atomic mass is 19.4. The van der Waals surface area contributed by atoms with Gasteiger partial charge in [0, 0.05) is 31.6 Å². The van der Waals surface area contributed by atoms with Crippen LogP contribution in [0.2, 0.25) is 0 Å². The van der Waals surface area contributed by atoms with Gasteiger partial charge in [0.25, 0.3) is 0 Å². The third-order valence-corrected chi connectivity index (χ3v) is 4.52. The molecule has 0 fully saturated rings. The summed E-state index contributed by atoms with van der Waals surface area (Å²) in [5.74, 6) is -3.86. The fourth-order valence-electron chi connectivity index (χ4n) is 3.13. The highest BCUT2D eigenvalue weighted by Crippen LogP contribution is 2.31. The number of hydrogen-bond acceptors (Lipinski definition) is 3. The van der Waals surface area contributed by atoms with Crippen molar-refractivity contribution in [3.8, 4) is 0 Å². The molecule has 1 aromatic heterocycles. The van der Waals surface area contributed by atoms with Gasteiger partial charge in [0.05, 0.1) is 12.7 Å². The third-order valence-electron chi connectivity index (χ3n) is 4.52. The lowest BCUT2D eigenvalue weighted by Crippen LogP contribution is -2.42. The first-order valence-electron chi connectivity index (χ1n) is 8.34. The lowest BCUT2D eigenvalue weighted by molar-refractivity contribution is -0.144. The number of benzene rings is 1. The van der Waals surface area contributed by atoms with E-state index >= 15 is 0 Å². The summed E-state index contributed by atoms with van der Waals surface area (Å²) in [6.07, 6.45) is -4.24. The summed E-state index contributed by atoms with van der Waals surface area (Å²) in [5, 5.41) is 0. The molecule has 0 saturated heterocycles. The second-order valence-electron chi connectivity index (χ2n) is 6.55. The molecule has 5 nitrogen and oxygen atoms in total. The van der Waals surface area contributed by atoms with Crippen molar-refractivity contribution >= 4 is 5.91 Å². The van der Waals surface area contributed by atoms with Crippen LogP contribution in [0, 0.1) is 17.5 Å². The molecule has 1 amide bonds. The summed E-state index contributed by atoms with van der Waals surface area (Å²) in [5.41, 5.74) is 4.79. The molecule has 0 radical (unpaired) electrons. The van der Waals surface area contributed by atoms with Gasteiger partial charge in [-0.05, 0) is 18.1 Å². The van der Waals surface area contributed by atoms with E-state index in [2.05, 4.69) is 4.98 Å². The lowest BCUT2D eigenvalue weighted by Gasteiger charge is -2.29. The number of rotatable bonds is 4. The molecular formula is C17H16F6N4O. The molecule has 1 aliphatic rings. The molecule has 2 aromatic rings. The predicted octanol–water partition coefficient (Wildman–Crippen LogP) is 2.62. The highest BCUT2D eigenvalue weighted by Gasteiger charge is 2.37. The summed E-state index contributed by atoms with van der Waals surface area (Å²) >= 11 is 0. The lowest BCUT2D eigenvalue weighted by atomic mass is 10.0. The van der Waals surface area contributed by atoms with Gasteiger partial charge in [-0.2, -0.15) is 13.2 Å². The summed E-state index contributed by atoms with van der Waals surface area (Å²) < 4.78 is 79.6. The van der Waals surface area contributed by atoms with Crippen LogP contribution in [0.1, 0.15) is 23.5 Å². The van der Waals surface area contributed by atoms with Gasteiger partial charge in [0.15, 0.2) is 11.6 Å². The van der Waals surface area contributed by atoms with Crippen molar-refractivity contribution in [3.05, 3.63) is 52.9 Å². The monoisotopic (exact) mass is 406 g/mol. The minimum atomic E-state index is -4.53. The molecule has 0 spiro atoms. The van der Waals surface area contributed by atoms with Gasteiger partial charge in [-0.3, -0.25) is 4.79 Å². The Balaban J connectivity index is 1.63. The van der Waals surface area contributed by atoms with Crippen molar-refractivity contribution in [2.75, 3.05) is 6.54 Å². The van der Waals surface area contributed by atoms with Crippen molar-refractivity contribution in [2.45, 2.75) is 38.1 Å². The summed E-state index contributed by atoms with van der Waals surface area (Å²) in [4.78, 5) is 17.4. The van der Waals surface area contributed by atoms with Crippen LogP contribution < -0.4 is 5.73 Å². The molecule has 152 valence electrons. The number of fused-ring (bicyclic) bond motifs is 1. The van der Waals surface area contributed by atoms with Crippen LogP contribution in [0.5, 0.6) is 0 Å². The molecule has 0 bridgehead atoms. The number of amides is 1. The second kappa shape index (κ2) is 7.46. The zero-order valence-electron chi connectivity index (χ0n) is 14.4. The Bertz CT molecular complexity index is 895. The van der Waals surface area contributed by atoms with Crippen molar-refractivity contribution in [1.82, 2.24) is 14.5 Å². The van der Waals surface area contributed by atoms with Gasteiger partial charge in [-0.1, -0.05) is 0 Å². The van der Waals surface area contributed by atoms with Crippen molar-refractivity contribution in [2.24, 2.45) is 5.73 Å². The first-order valence-corrected chi connectivity index (χ1v) is 8.34. The van der Waals surface area contributed by atoms with E-state index in [1.807, 2.05) is 0 Å². The van der Waals surface area contributed by atoms with E-state index in [9.17, 15) is 31.1 Å². The Labute approximate surface area is 155 Å². The van der Waals surface area contributed by atoms with E-state index in [1.54, 1.807) is 0 Å². The van der Waals surface area contributed by atoms with Crippen LogP contribution >= 0.6 is 0 Å². The molecular weight excluding hydrogens is 390 g/mol. The number of halogens is 6. The minimum absolute atomic E-state index is 0.0392. The maximum absolute atomic E-state index is 13.7. The first-order chi connectivity index (χ1) is 13.1. The number of nitrogens with two attached hydrogens (primary N) is 1. The van der Waals surface area contributed by atoms with Crippen molar-refractivity contribution in [3.63, 3.8) is 0 Å². The van der Waals surface area contributed by atoms with Crippen LogP contribution in [0.4, 0.5) is 26.3 Å². The molecule has 0 aliphatic carbocycles. The number of aromatic nitrogens is 2. The fraction of sp³-hybridized carbons (Fsp3) is 0.412. The summed E-state index contributed by atoms with van der Waals surface area (Å²) in [7, 11) is 0. The Morgan fingerprint density at radius 3 is 2.50 bits per heavy atom. The molecule has 3 rings (SSSR count). The highest BCUT2D eigenvalue weighted by molar-refractivity contribution is 5.77. The van der Waals surface area contributed by atoms with Gasteiger partial charge in [-0.15, -0.1) is 0 Å². The first kappa shape index (κ1) is 20.2. The van der Waals surface area contributed by atoms with E-state index in [-0.39, 0.29) is 43.9 Å². The topological polar surface area (TPSA) is 64.2 Å². The van der Waals surface area contributed by atoms with Crippen LogP contribution in [-0.4, -0.2) is 32.9 Å². The van der Waals surface area contributed by atoms with E-state index in [1.165, 1.54) is 4.90 Å². The number of carbonyl (C=O) groups excluding carboxylic acids is 1. The SMILES string of the molecule is N[C@@H](CC(=O)N1CCn2c(C(F)(F)F)cnc2C1)Cc1cc(F)c(F)cc1F. The number of alkyl halides is 3. The number of nitrogens with zero attached hydrogens (tertiary/aromatic N) is 3. The summed E-state index contributed by atoms with van der Waals surface area (Å²) in [6.45, 7) is -0.137. The van der Waals surface area contributed by atoms with Gasteiger partial charge in [0.2, 0.25) is 5.91 Å². The van der Waals surface area contributed by atoms with E-state index in [4.69, 9.17) is 5.73 Å². The summed E-state index contributed by atoms with van der Waals surface area (Å²) in [6, 6.07) is 0.215. The molecule has 0 unspecified atom stereocenters. The molecule has 2 heterocycles. The quantitative estimate of drug-likeness (QED) is 0.627. The van der Waals surface area contributed by atoms with Crippen molar-refractivity contribution in [1.29, 1.82) is 0 Å². The largest absolute Gasteiger partial charge is 0.433 e. The smallest absolute Gasteiger partial charge is 0.333 e.